The van der Waals surface area contributed by atoms with Crippen molar-refractivity contribution in [2.45, 2.75) is 140 Å². The van der Waals surface area contributed by atoms with E-state index < -0.39 is 17.1 Å². The molecule has 8 heteroatoms. The maximum atomic E-state index is 7.34. The average molecular weight is 563 g/mol. The van der Waals surface area contributed by atoms with Crippen molar-refractivity contribution in [2.75, 3.05) is 0 Å². The molecule has 2 fully saturated rings. The Kier molecular flexibility index (Phi) is 7.64. The molecule has 0 unspecified atom stereocenters. The van der Waals surface area contributed by atoms with Crippen LogP contribution in [0.3, 0.4) is 0 Å². The smallest absolute Gasteiger partial charge is 0.350 e. The minimum atomic E-state index is -2.87. The van der Waals surface area contributed by atoms with Crippen LogP contribution >= 0.6 is 0 Å². The summed E-state index contributed by atoms with van der Waals surface area (Å²) in [7, 11) is -5.73. The fourth-order valence-electron chi connectivity index (χ4n) is 6.91. The third-order valence-electron chi connectivity index (χ3n) is 8.23. The van der Waals surface area contributed by atoms with E-state index in [1.807, 2.05) is 24.3 Å². The van der Waals surface area contributed by atoms with Crippen LogP contribution < -0.4 is 0 Å². The SMILES string of the molecule is CC(C)(C)[Si]1(C(C)(C)C)O[C@H](c2ccco2)C[C@@H]([C@@H]2C[C@@H](c3ccco3)O[Si](C(C)(C)C)(C(C)(C)C)O2)O1. The fraction of sp³-hybridized carbons (Fsp3) is 0.733. The molecule has 4 heterocycles. The Morgan fingerprint density at radius 2 is 0.842 bits per heavy atom. The summed E-state index contributed by atoms with van der Waals surface area (Å²) in [5.41, 5.74) is 0. The van der Waals surface area contributed by atoms with Crippen molar-refractivity contribution in [2.24, 2.45) is 0 Å². The first-order valence-electron chi connectivity index (χ1n) is 14.1. The third kappa shape index (κ3) is 5.05. The number of furan rings is 2. The highest BCUT2D eigenvalue weighted by molar-refractivity contribution is 6.74. The Labute approximate surface area is 232 Å². The summed E-state index contributed by atoms with van der Waals surface area (Å²) in [6.45, 7) is 27.1. The largest absolute Gasteiger partial charge is 0.467 e. The van der Waals surface area contributed by atoms with Gasteiger partial charge in [0.25, 0.3) is 0 Å². The zero-order chi connectivity index (χ0) is 28.4. The van der Waals surface area contributed by atoms with Gasteiger partial charge in [0.05, 0.1) is 24.7 Å². The molecule has 0 bridgehead atoms. The predicted molar refractivity (Wildman–Crippen MR) is 154 cm³/mol. The minimum absolute atomic E-state index is 0.165. The van der Waals surface area contributed by atoms with Gasteiger partial charge in [-0.3, -0.25) is 0 Å². The van der Waals surface area contributed by atoms with Crippen LogP contribution in [0.4, 0.5) is 0 Å². The van der Waals surface area contributed by atoms with Gasteiger partial charge >= 0.3 is 17.1 Å². The molecule has 0 spiro atoms. The molecule has 0 saturated carbocycles. The summed E-state index contributed by atoms with van der Waals surface area (Å²) in [5, 5.41) is -0.711. The summed E-state index contributed by atoms with van der Waals surface area (Å²) >= 11 is 0. The molecule has 4 rings (SSSR count). The van der Waals surface area contributed by atoms with Crippen molar-refractivity contribution in [1.82, 2.24) is 0 Å². The molecule has 4 atom stereocenters. The van der Waals surface area contributed by atoms with E-state index in [4.69, 9.17) is 26.5 Å². The molecule has 2 aliphatic heterocycles. The van der Waals surface area contributed by atoms with Crippen LogP contribution in [-0.2, 0) is 17.7 Å². The van der Waals surface area contributed by atoms with Crippen LogP contribution in [0.25, 0.3) is 0 Å². The van der Waals surface area contributed by atoms with E-state index in [1.54, 1.807) is 12.5 Å². The Morgan fingerprint density at radius 1 is 0.526 bits per heavy atom. The van der Waals surface area contributed by atoms with E-state index in [0.29, 0.717) is 12.8 Å². The van der Waals surface area contributed by atoms with Gasteiger partial charge in [0.15, 0.2) is 0 Å². The molecule has 38 heavy (non-hydrogen) atoms. The zero-order valence-electron chi connectivity index (χ0n) is 25.6. The lowest BCUT2D eigenvalue weighted by Gasteiger charge is -2.59. The maximum absolute atomic E-state index is 7.34. The average Bonchev–Trinajstić information content (AvgIpc) is 3.50. The van der Waals surface area contributed by atoms with Gasteiger partial charge in [-0.1, -0.05) is 83.1 Å². The molecular weight excluding hydrogens is 512 g/mol. The van der Waals surface area contributed by atoms with Crippen LogP contribution in [0.15, 0.2) is 45.6 Å². The third-order valence-corrected chi connectivity index (χ3v) is 18.6. The maximum Gasteiger partial charge on any atom is 0.350 e. The second-order valence-electron chi connectivity index (χ2n) is 15.3. The first kappa shape index (κ1) is 29.8. The van der Waals surface area contributed by atoms with Crippen molar-refractivity contribution in [1.29, 1.82) is 0 Å². The lowest BCUT2D eigenvalue weighted by atomic mass is 9.99. The van der Waals surface area contributed by atoms with E-state index in [1.165, 1.54) is 0 Å². The fourth-order valence-corrected chi connectivity index (χ4v) is 16.9. The summed E-state index contributed by atoms with van der Waals surface area (Å²) in [4.78, 5) is 0. The van der Waals surface area contributed by atoms with Gasteiger partial charge in [0.2, 0.25) is 0 Å². The highest BCUT2D eigenvalue weighted by atomic mass is 28.4. The monoisotopic (exact) mass is 562 g/mol. The summed E-state index contributed by atoms with van der Waals surface area (Å²) in [6, 6.07) is 7.93. The molecule has 214 valence electrons. The predicted octanol–water partition coefficient (Wildman–Crippen LogP) is 9.35. The van der Waals surface area contributed by atoms with Crippen LogP contribution in [0.1, 0.15) is 120 Å². The van der Waals surface area contributed by atoms with E-state index in [0.717, 1.165) is 11.5 Å². The molecule has 0 radical (unpaired) electrons. The van der Waals surface area contributed by atoms with Gasteiger partial charge in [-0.15, -0.1) is 0 Å². The van der Waals surface area contributed by atoms with Crippen LogP contribution in [0.5, 0.6) is 0 Å². The van der Waals surface area contributed by atoms with Crippen molar-refractivity contribution in [3.63, 3.8) is 0 Å². The molecule has 0 aromatic carbocycles. The Balaban J connectivity index is 1.84. The van der Waals surface area contributed by atoms with Crippen LogP contribution in [-0.4, -0.2) is 29.3 Å². The molecule has 0 aliphatic carbocycles. The lowest BCUT2D eigenvalue weighted by molar-refractivity contribution is -0.119. The van der Waals surface area contributed by atoms with E-state index >= 15 is 0 Å². The topological polar surface area (TPSA) is 63.2 Å². The second kappa shape index (κ2) is 9.73. The summed E-state index contributed by atoms with van der Waals surface area (Å²) in [5.74, 6) is 1.71. The zero-order valence-corrected chi connectivity index (χ0v) is 27.6. The first-order chi connectivity index (χ1) is 17.3. The Bertz CT molecular complexity index is 936. The first-order valence-corrected chi connectivity index (χ1v) is 17.7. The molecule has 2 saturated heterocycles. The highest BCUT2D eigenvalue weighted by Crippen LogP contribution is 2.61. The van der Waals surface area contributed by atoms with Gasteiger partial charge in [0.1, 0.15) is 23.7 Å². The standard InChI is InChI=1S/C30H50O6Si2/c1-27(2,3)37(28(4,5)6)33-23(21-15-13-17-31-21)19-25(35-37)26-20-24(22-16-14-18-32-22)34-38(36-26,29(7,8)9)30(10,11)12/h13-18,23-26H,19-20H2,1-12H3/t23-,24-,25-,26-/m0/s1. The van der Waals surface area contributed by atoms with Crippen molar-refractivity contribution >= 4 is 17.1 Å². The Morgan fingerprint density at radius 3 is 1.08 bits per heavy atom. The molecular formula is C30H50O6Si2. The summed E-state index contributed by atoms with van der Waals surface area (Å²) in [6.07, 6.45) is 4.09. The summed E-state index contributed by atoms with van der Waals surface area (Å²) < 4.78 is 40.7. The van der Waals surface area contributed by atoms with E-state index in [2.05, 4.69) is 83.1 Å². The van der Waals surface area contributed by atoms with Gasteiger partial charge in [-0.25, -0.2) is 0 Å². The van der Waals surface area contributed by atoms with Crippen molar-refractivity contribution in [3.05, 3.63) is 48.3 Å². The van der Waals surface area contributed by atoms with Gasteiger partial charge in [0, 0.05) is 33.0 Å². The number of hydrogen-bond acceptors (Lipinski definition) is 6. The van der Waals surface area contributed by atoms with Crippen LogP contribution in [0, 0.1) is 0 Å². The normalized spacial score (nSPS) is 28.8. The lowest BCUT2D eigenvalue weighted by Crippen LogP contribution is -2.67. The minimum Gasteiger partial charge on any atom is -0.467 e. The molecule has 0 amide bonds. The number of hydrogen-bond donors (Lipinski definition) is 0. The van der Waals surface area contributed by atoms with Gasteiger partial charge in [-0.05, 0) is 24.3 Å². The number of rotatable bonds is 3. The van der Waals surface area contributed by atoms with Crippen molar-refractivity contribution < 1.29 is 26.5 Å². The molecule has 2 aromatic heterocycles. The molecule has 0 N–H and O–H groups in total. The highest BCUT2D eigenvalue weighted by Gasteiger charge is 2.67. The molecule has 2 aliphatic rings. The van der Waals surface area contributed by atoms with Gasteiger partial charge < -0.3 is 26.5 Å². The van der Waals surface area contributed by atoms with E-state index in [9.17, 15) is 0 Å². The Hall–Kier alpha value is -1.17. The molecule has 2 aromatic rings. The van der Waals surface area contributed by atoms with Gasteiger partial charge in [-0.2, -0.15) is 0 Å². The van der Waals surface area contributed by atoms with Crippen molar-refractivity contribution in [3.8, 4) is 0 Å². The van der Waals surface area contributed by atoms with E-state index in [-0.39, 0.29) is 44.6 Å². The molecule has 6 nitrogen and oxygen atoms in total. The quantitative estimate of drug-likeness (QED) is 0.347. The second-order valence-corrected chi connectivity index (χ2v) is 24.7. The van der Waals surface area contributed by atoms with Crippen LogP contribution in [0.2, 0.25) is 20.2 Å².